The second-order valence-corrected chi connectivity index (χ2v) is 4.65. The zero-order valence-electron chi connectivity index (χ0n) is 12.0. The SMILES string of the molecule is O=C(Nc1nnc(-c2ccc(O)cc2)o1)OCc1ccccc1. The summed E-state index contributed by atoms with van der Waals surface area (Å²) in [6, 6.07) is 15.5. The second kappa shape index (κ2) is 6.61. The maximum absolute atomic E-state index is 11.7. The van der Waals surface area contributed by atoms with Gasteiger partial charge in [-0.2, -0.15) is 0 Å². The van der Waals surface area contributed by atoms with Crippen LogP contribution >= 0.6 is 0 Å². The number of hydrogen-bond donors (Lipinski definition) is 2. The average Bonchev–Trinajstić information content (AvgIpc) is 3.03. The van der Waals surface area contributed by atoms with E-state index in [0.29, 0.717) is 5.56 Å². The summed E-state index contributed by atoms with van der Waals surface area (Å²) in [5, 5.41) is 19.1. The maximum Gasteiger partial charge on any atom is 0.415 e. The first-order valence-electron chi connectivity index (χ1n) is 6.81. The van der Waals surface area contributed by atoms with Crippen molar-refractivity contribution in [3.05, 3.63) is 60.2 Å². The van der Waals surface area contributed by atoms with Gasteiger partial charge < -0.3 is 14.3 Å². The van der Waals surface area contributed by atoms with E-state index in [1.807, 2.05) is 30.3 Å². The molecule has 3 aromatic rings. The number of phenols is 1. The van der Waals surface area contributed by atoms with Crippen LogP contribution in [-0.4, -0.2) is 21.4 Å². The van der Waals surface area contributed by atoms with Gasteiger partial charge in [-0.05, 0) is 29.8 Å². The number of benzene rings is 2. The van der Waals surface area contributed by atoms with Gasteiger partial charge in [0, 0.05) is 5.56 Å². The number of hydrogen-bond acceptors (Lipinski definition) is 6. The van der Waals surface area contributed by atoms with Gasteiger partial charge in [0.25, 0.3) is 0 Å². The molecule has 0 fully saturated rings. The first-order valence-corrected chi connectivity index (χ1v) is 6.81. The Morgan fingerprint density at radius 1 is 1.09 bits per heavy atom. The lowest BCUT2D eigenvalue weighted by molar-refractivity contribution is 0.154. The van der Waals surface area contributed by atoms with Gasteiger partial charge in [-0.15, -0.1) is 5.10 Å². The van der Waals surface area contributed by atoms with E-state index in [1.54, 1.807) is 12.1 Å². The Balaban J connectivity index is 1.58. The number of aromatic nitrogens is 2. The van der Waals surface area contributed by atoms with Crippen LogP contribution in [0.25, 0.3) is 11.5 Å². The van der Waals surface area contributed by atoms with Crippen molar-refractivity contribution in [1.29, 1.82) is 0 Å². The van der Waals surface area contributed by atoms with E-state index in [4.69, 9.17) is 9.15 Å². The van der Waals surface area contributed by atoms with Crippen LogP contribution in [0.2, 0.25) is 0 Å². The highest BCUT2D eigenvalue weighted by Gasteiger charge is 2.12. The fourth-order valence-electron chi connectivity index (χ4n) is 1.84. The molecule has 23 heavy (non-hydrogen) atoms. The first-order chi connectivity index (χ1) is 11.2. The third kappa shape index (κ3) is 3.85. The lowest BCUT2D eigenvalue weighted by Crippen LogP contribution is -2.13. The zero-order chi connectivity index (χ0) is 16.1. The molecule has 1 aromatic heterocycles. The van der Waals surface area contributed by atoms with Crippen molar-refractivity contribution in [1.82, 2.24) is 10.2 Å². The number of ether oxygens (including phenoxy) is 1. The number of rotatable bonds is 4. The van der Waals surface area contributed by atoms with Crippen molar-refractivity contribution in [2.45, 2.75) is 6.61 Å². The number of nitrogens with zero attached hydrogens (tertiary/aromatic N) is 2. The molecule has 3 rings (SSSR count). The summed E-state index contributed by atoms with van der Waals surface area (Å²) < 4.78 is 10.4. The summed E-state index contributed by atoms with van der Waals surface area (Å²) in [6.45, 7) is 0.144. The van der Waals surface area contributed by atoms with Gasteiger partial charge in [-0.25, -0.2) is 10.1 Å². The highest BCUT2D eigenvalue weighted by molar-refractivity contribution is 5.81. The molecule has 2 N–H and O–H groups in total. The lowest BCUT2D eigenvalue weighted by Gasteiger charge is -2.03. The summed E-state index contributed by atoms with van der Waals surface area (Å²) in [4.78, 5) is 11.7. The number of carbonyl (C=O) groups excluding carboxylic acids is 1. The Labute approximate surface area is 131 Å². The predicted molar refractivity (Wildman–Crippen MR) is 81.6 cm³/mol. The molecule has 0 radical (unpaired) electrons. The van der Waals surface area contributed by atoms with Crippen LogP contribution in [0.15, 0.2) is 59.0 Å². The Morgan fingerprint density at radius 2 is 1.83 bits per heavy atom. The van der Waals surface area contributed by atoms with Crippen LogP contribution in [0.1, 0.15) is 5.56 Å². The number of carbonyl (C=O) groups is 1. The minimum absolute atomic E-state index is 0.0638. The van der Waals surface area contributed by atoms with E-state index < -0.39 is 6.09 Å². The van der Waals surface area contributed by atoms with Crippen molar-refractivity contribution in [2.75, 3.05) is 5.32 Å². The molecular weight excluding hydrogens is 298 g/mol. The number of aromatic hydroxyl groups is 1. The van der Waals surface area contributed by atoms with E-state index in [2.05, 4.69) is 15.5 Å². The molecule has 0 bridgehead atoms. The minimum atomic E-state index is -0.685. The molecule has 0 saturated heterocycles. The van der Waals surface area contributed by atoms with Gasteiger partial charge >= 0.3 is 12.1 Å². The molecule has 1 amide bonds. The van der Waals surface area contributed by atoms with Gasteiger partial charge in [0.1, 0.15) is 12.4 Å². The first kappa shape index (κ1) is 14.6. The molecule has 116 valence electrons. The molecule has 1 heterocycles. The average molecular weight is 311 g/mol. The van der Waals surface area contributed by atoms with Crippen molar-refractivity contribution >= 4 is 12.1 Å². The Hall–Kier alpha value is -3.35. The minimum Gasteiger partial charge on any atom is -0.508 e. The predicted octanol–water partition coefficient (Wildman–Crippen LogP) is 3.19. The fraction of sp³-hybridized carbons (Fsp3) is 0.0625. The normalized spacial score (nSPS) is 10.3. The van der Waals surface area contributed by atoms with Crippen LogP contribution in [-0.2, 0) is 11.3 Å². The smallest absolute Gasteiger partial charge is 0.415 e. The molecular formula is C16H13N3O4. The molecule has 0 spiro atoms. The van der Waals surface area contributed by atoms with Crippen LogP contribution in [0.4, 0.5) is 10.8 Å². The molecule has 0 atom stereocenters. The standard InChI is InChI=1S/C16H13N3O4/c20-13-8-6-12(7-9-13)14-18-19-15(23-14)17-16(21)22-10-11-4-2-1-3-5-11/h1-9,20H,10H2,(H,17,19,21). The molecule has 7 nitrogen and oxygen atoms in total. The lowest BCUT2D eigenvalue weighted by atomic mass is 10.2. The van der Waals surface area contributed by atoms with Gasteiger partial charge in [0.2, 0.25) is 5.89 Å². The highest BCUT2D eigenvalue weighted by atomic mass is 16.6. The number of amides is 1. The van der Waals surface area contributed by atoms with E-state index >= 15 is 0 Å². The number of phenolic OH excluding ortho intramolecular Hbond substituents is 1. The molecule has 0 aliphatic rings. The molecule has 2 aromatic carbocycles. The van der Waals surface area contributed by atoms with Crippen molar-refractivity contribution in [2.24, 2.45) is 0 Å². The van der Waals surface area contributed by atoms with E-state index in [9.17, 15) is 9.90 Å². The van der Waals surface area contributed by atoms with Crippen molar-refractivity contribution in [3.8, 4) is 17.2 Å². The third-order valence-electron chi connectivity index (χ3n) is 2.96. The molecule has 0 saturated carbocycles. The molecule has 0 unspecified atom stereocenters. The topological polar surface area (TPSA) is 97.5 Å². The van der Waals surface area contributed by atoms with Gasteiger partial charge in [0.05, 0.1) is 0 Å². The zero-order valence-corrected chi connectivity index (χ0v) is 12.0. The van der Waals surface area contributed by atoms with E-state index in [0.717, 1.165) is 5.56 Å². The van der Waals surface area contributed by atoms with Gasteiger partial charge in [-0.3, -0.25) is 0 Å². The van der Waals surface area contributed by atoms with Crippen LogP contribution < -0.4 is 5.32 Å². The molecule has 0 aliphatic heterocycles. The third-order valence-corrected chi connectivity index (χ3v) is 2.96. The highest BCUT2D eigenvalue weighted by Crippen LogP contribution is 2.22. The fourth-order valence-corrected chi connectivity index (χ4v) is 1.84. The second-order valence-electron chi connectivity index (χ2n) is 4.65. The maximum atomic E-state index is 11.7. The quantitative estimate of drug-likeness (QED) is 0.768. The van der Waals surface area contributed by atoms with Crippen LogP contribution in [0.3, 0.4) is 0 Å². The van der Waals surface area contributed by atoms with Crippen LogP contribution in [0, 0.1) is 0 Å². The monoisotopic (exact) mass is 311 g/mol. The summed E-state index contributed by atoms with van der Waals surface area (Å²) in [5.74, 6) is 0.361. The van der Waals surface area contributed by atoms with Crippen molar-refractivity contribution in [3.63, 3.8) is 0 Å². The summed E-state index contributed by atoms with van der Waals surface area (Å²) in [7, 11) is 0. The molecule has 7 heteroatoms. The number of nitrogens with one attached hydrogen (secondary N) is 1. The Morgan fingerprint density at radius 3 is 2.57 bits per heavy atom. The summed E-state index contributed by atoms with van der Waals surface area (Å²) in [5.41, 5.74) is 1.50. The van der Waals surface area contributed by atoms with E-state index in [1.165, 1.54) is 12.1 Å². The van der Waals surface area contributed by atoms with Gasteiger partial charge in [-0.1, -0.05) is 35.4 Å². The summed E-state index contributed by atoms with van der Waals surface area (Å²) >= 11 is 0. The Kier molecular flexibility index (Phi) is 4.19. The molecule has 0 aliphatic carbocycles. The number of anilines is 1. The summed E-state index contributed by atoms with van der Waals surface area (Å²) in [6.07, 6.45) is -0.685. The largest absolute Gasteiger partial charge is 0.508 e. The van der Waals surface area contributed by atoms with Crippen LogP contribution in [0.5, 0.6) is 5.75 Å². The Bertz CT molecular complexity index is 785. The van der Waals surface area contributed by atoms with Gasteiger partial charge in [0.15, 0.2) is 0 Å². The van der Waals surface area contributed by atoms with E-state index in [-0.39, 0.29) is 24.3 Å². The van der Waals surface area contributed by atoms with Crippen molar-refractivity contribution < 1.29 is 19.1 Å².